The van der Waals surface area contributed by atoms with Gasteiger partial charge in [0.15, 0.2) is 0 Å². The summed E-state index contributed by atoms with van der Waals surface area (Å²) < 4.78 is 16.0. The minimum atomic E-state index is -0.235. The zero-order valence-corrected chi connectivity index (χ0v) is 15.7. The van der Waals surface area contributed by atoms with Crippen LogP contribution in [0.15, 0.2) is 24.5 Å². The Morgan fingerprint density at radius 1 is 1.11 bits per heavy atom. The number of hydrogen-bond acceptors (Lipinski definition) is 5. The van der Waals surface area contributed by atoms with Crippen LogP contribution in [-0.4, -0.2) is 50.7 Å². The molecule has 1 saturated heterocycles. The summed E-state index contributed by atoms with van der Waals surface area (Å²) in [5.41, 5.74) is 3.04. The van der Waals surface area contributed by atoms with Crippen molar-refractivity contribution in [2.24, 2.45) is 0 Å². The molecule has 3 heterocycles. The van der Waals surface area contributed by atoms with Gasteiger partial charge in [-0.25, -0.2) is 9.37 Å². The van der Waals surface area contributed by atoms with E-state index in [0.29, 0.717) is 22.9 Å². The summed E-state index contributed by atoms with van der Waals surface area (Å²) in [6.45, 7) is 3.94. The van der Waals surface area contributed by atoms with Crippen molar-refractivity contribution in [3.8, 4) is 0 Å². The van der Waals surface area contributed by atoms with Gasteiger partial charge in [0.05, 0.1) is 5.69 Å². The molecule has 0 spiro atoms. The first-order valence-electron chi connectivity index (χ1n) is 9.32. The molecule has 6 nitrogen and oxygen atoms in total. The fourth-order valence-corrected chi connectivity index (χ4v) is 4.37. The largest absolute Gasteiger partial charge is 0.354 e. The third-order valence-electron chi connectivity index (χ3n) is 5.54. The summed E-state index contributed by atoms with van der Waals surface area (Å²) in [6, 6.07) is 4.86. The fourth-order valence-electron chi connectivity index (χ4n) is 4.15. The number of anilines is 1. The molecule has 0 atom stereocenters. The van der Waals surface area contributed by atoms with Gasteiger partial charge in [-0.1, -0.05) is 17.7 Å². The Labute approximate surface area is 161 Å². The van der Waals surface area contributed by atoms with Crippen molar-refractivity contribution in [1.82, 2.24) is 24.5 Å². The van der Waals surface area contributed by atoms with E-state index < -0.39 is 0 Å². The van der Waals surface area contributed by atoms with Crippen molar-refractivity contribution >= 4 is 23.2 Å². The van der Waals surface area contributed by atoms with E-state index in [1.165, 1.54) is 11.6 Å². The van der Waals surface area contributed by atoms with Crippen LogP contribution in [0.5, 0.6) is 0 Å². The lowest BCUT2D eigenvalue weighted by Crippen LogP contribution is -2.47. The van der Waals surface area contributed by atoms with Crippen LogP contribution < -0.4 is 4.90 Å². The normalized spacial score (nSPS) is 17.6. The van der Waals surface area contributed by atoms with E-state index in [0.717, 1.165) is 57.0 Å². The Balaban J connectivity index is 1.37. The molecule has 1 aliphatic carbocycles. The van der Waals surface area contributed by atoms with Crippen molar-refractivity contribution in [2.75, 3.05) is 31.1 Å². The third-order valence-corrected chi connectivity index (χ3v) is 5.89. The molecule has 0 saturated carbocycles. The number of piperazine rings is 1. The Kier molecular flexibility index (Phi) is 4.21. The second kappa shape index (κ2) is 6.73. The molecular weight excluding hydrogens is 367 g/mol. The first-order valence-corrected chi connectivity index (χ1v) is 9.70. The monoisotopic (exact) mass is 386 g/mol. The average molecular weight is 387 g/mol. The lowest BCUT2D eigenvalue weighted by Gasteiger charge is -2.36. The Morgan fingerprint density at radius 3 is 2.78 bits per heavy atom. The highest BCUT2D eigenvalue weighted by Crippen LogP contribution is 2.31. The molecule has 1 aliphatic heterocycles. The van der Waals surface area contributed by atoms with Gasteiger partial charge in [0.1, 0.15) is 18.0 Å². The quantitative estimate of drug-likeness (QED) is 0.692. The molecule has 140 valence electrons. The minimum absolute atomic E-state index is 0.235. The van der Waals surface area contributed by atoms with Gasteiger partial charge in [-0.15, -0.1) is 0 Å². The van der Waals surface area contributed by atoms with Crippen LogP contribution in [0.1, 0.15) is 23.2 Å². The van der Waals surface area contributed by atoms with Gasteiger partial charge in [0.2, 0.25) is 0 Å². The minimum Gasteiger partial charge on any atom is -0.354 e. The molecule has 27 heavy (non-hydrogen) atoms. The van der Waals surface area contributed by atoms with Gasteiger partial charge in [-0.05, 0) is 31.4 Å². The maximum atomic E-state index is 14.1. The number of aryl methyl sites for hydroxylation is 1. The van der Waals surface area contributed by atoms with Crippen LogP contribution in [0.2, 0.25) is 5.02 Å². The van der Waals surface area contributed by atoms with Gasteiger partial charge in [-0.3, -0.25) is 4.90 Å². The molecule has 8 heteroatoms. The Bertz CT molecular complexity index is 975. The average Bonchev–Trinajstić information content (AvgIpc) is 3.32. The number of hydrogen-bond donors (Lipinski definition) is 0. The van der Waals surface area contributed by atoms with E-state index in [-0.39, 0.29) is 5.82 Å². The van der Waals surface area contributed by atoms with E-state index in [4.69, 9.17) is 11.6 Å². The van der Waals surface area contributed by atoms with E-state index in [9.17, 15) is 4.39 Å². The number of fused-ring (bicyclic) bond motifs is 2. The van der Waals surface area contributed by atoms with Crippen LogP contribution in [0, 0.1) is 5.82 Å². The maximum absolute atomic E-state index is 14.1. The third kappa shape index (κ3) is 2.95. The van der Waals surface area contributed by atoms with Crippen molar-refractivity contribution in [1.29, 1.82) is 0 Å². The Morgan fingerprint density at radius 2 is 1.96 bits per heavy atom. The van der Waals surface area contributed by atoms with Gasteiger partial charge in [0, 0.05) is 48.9 Å². The molecule has 0 N–H and O–H groups in total. The number of benzene rings is 1. The summed E-state index contributed by atoms with van der Waals surface area (Å²) in [5, 5.41) is 4.90. The molecule has 3 aromatic rings. The Hall–Kier alpha value is -2.25. The van der Waals surface area contributed by atoms with Crippen LogP contribution in [-0.2, 0) is 19.4 Å². The van der Waals surface area contributed by atoms with E-state index >= 15 is 0 Å². The molecule has 5 rings (SSSR count). The molecule has 2 aliphatic rings. The SMILES string of the molecule is Fc1cccc(Cl)c1CN1CCN(c2c3c(nc4ncnn24)CCC3)CC1. The van der Waals surface area contributed by atoms with Crippen molar-refractivity contribution < 1.29 is 4.39 Å². The molecule has 1 fully saturated rings. The van der Waals surface area contributed by atoms with Crippen LogP contribution in [0.4, 0.5) is 10.2 Å². The smallest absolute Gasteiger partial charge is 0.254 e. The number of nitrogens with zero attached hydrogens (tertiary/aromatic N) is 6. The molecule has 1 aromatic carbocycles. The standard InChI is InChI=1S/C19H20ClFN6/c20-15-4-2-5-16(21)14(15)11-25-7-9-26(10-8-25)18-13-3-1-6-17(13)24-19-22-12-23-27(18)19/h2,4-5,12H,1,3,6-11H2. The van der Waals surface area contributed by atoms with Crippen molar-refractivity contribution in [3.63, 3.8) is 0 Å². The van der Waals surface area contributed by atoms with E-state index in [1.54, 1.807) is 18.5 Å². The lowest BCUT2D eigenvalue weighted by molar-refractivity contribution is 0.245. The second-order valence-electron chi connectivity index (χ2n) is 7.15. The first-order chi connectivity index (χ1) is 13.2. The zero-order valence-electron chi connectivity index (χ0n) is 14.9. The summed E-state index contributed by atoms with van der Waals surface area (Å²) in [5.74, 6) is 1.57. The van der Waals surface area contributed by atoms with Gasteiger partial charge < -0.3 is 4.90 Å². The molecule has 0 unspecified atom stereocenters. The predicted octanol–water partition coefficient (Wildman–Crippen LogP) is 2.73. The van der Waals surface area contributed by atoms with Gasteiger partial charge >= 0.3 is 0 Å². The fraction of sp³-hybridized carbons (Fsp3) is 0.421. The highest BCUT2D eigenvalue weighted by Gasteiger charge is 2.27. The van der Waals surface area contributed by atoms with Gasteiger partial charge in [-0.2, -0.15) is 14.6 Å². The summed E-state index contributed by atoms with van der Waals surface area (Å²) >= 11 is 6.19. The predicted molar refractivity (Wildman–Crippen MR) is 102 cm³/mol. The highest BCUT2D eigenvalue weighted by atomic mass is 35.5. The van der Waals surface area contributed by atoms with Crippen molar-refractivity contribution in [3.05, 3.63) is 52.2 Å². The zero-order chi connectivity index (χ0) is 18.4. The molecule has 0 radical (unpaired) electrons. The maximum Gasteiger partial charge on any atom is 0.254 e. The summed E-state index contributed by atoms with van der Waals surface area (Å²) in [4.78, 5) is 13.6. The topological polar surface area (TPSA) is 49.6 Å². The van der Waals surface area contributed by atoms with Crippen molar-refractivity contribution in [2.45, 2.75) is 25.8 Å². The number of halogens is 2. The highest BCUT2D eigenvalue weighted by molar-refractivity contribution is 6.31. The summed E-state index contributed by atoms with van der Waals surface area (Å²) in [7, 11) is 0. The van der Waals surface area contributed by atoms with Crippen LogP contribution in [0.25, 0.3) is 5.78 Å². The first kappa shape index (κ1) is 16.9. The van der Waals surface area contributed by atoms with E-state index in [1.807, 2.05) is 4.52 Å². The molecular formula is C19H20ClFN6. The molecule has 0 amide bonds. The number of aromatic nitrogens is 4. The van der Waals surface area contributed by atoms with Gasteiger partial charge in [0.25, 0.3) is 5.78 Å². The van der Waals surface area contributed by atoms with Crippen LogP contribution >= 0.6 is 11.6 Å². The lowest BCUT2D eigenvalue weighted by atomic mass is 10.1. The van der Waals surface area contributed by atoms with E-state index in [2.05, 4.69) is 24.9 Å². The molecule has 0 bridgehead atoms. The summed E-state index contributed by atoms with van der Waals surface area (Å²) in [6.07, 6.45) is 4.75. The van der Waals surface area contributed by atoms with Crippen LogP contribution in [0.3, 0.4) is 0 Å². The number of rotatable bonds is 3. The second-order valence-corrected chi connectivity index (χ2v) is 7.56. The molecule has 2 aromatic heterocycles.